The topological polar surface area (TPSA) is 58.6 Å². The summed E-state index contributed by atoms with van der Waals surface area (Å²) in [4.78, 5) is 25.3. The predicted octanol–water partition coefficient (Wildman–Crippen LogP) is 3.51. The van der Waals surface area contributed by atoms with E-state index < -0.39 is 5.97 Å². The van der Waals surface area contributed by atoms with Crippen LogP contribution in [-0.4, -0.2) is 18.7 Å². The maximum atomic E-state index is 12.3. The summed E-state index contributed by atoms with van der Waals surface area (Å²) in [6, 6.07) is 13.2. The van der Waals surface area contributed by atoms with Crippen LogP contribution in [0.15, 0.2) is 48.5 Å². The molecule has 0 aromatic heterocycles. The fourth-order valence-corrected chi connectivity index (χ4v) is 2.17. The molecule has 0 radical (unpaired) electrons. The fourth-order valence-electron chi connectivity index (χ4n) is 2.04. The molecule has 0 saturated heterocycles. The highest BCUT2D eigenvalue weighted by molar-refractivity contribution is 6.30. The zero-order valence-electron chi connectivity index (χ0n) is 10.9. The molecule has 0 bridgehead atoms. The number of ether oxygens (including phenoxy) is 1. The van der Waals surface area contributed by atoms with Gasteiger partial charge in [-0.3, -0.25) is 4.90 Å². The molecule has 1 aliphatic rings. The number of esters is 1. The van der Waals surface area contributed by atoms with Crippen molar-refractivity contribution in [3.8, 4) is 0 Å². The lowest BCUT2D eigenvalue weighted by Crippen LogP contribution is -2.41. The second kappa shape index (κ2) is 5.46. The van der Waals surface area contributed by atoms with E-state index in [2.05, 4.69) is 5.32 Å². The van der Waals surface area contributed by atoms with Crippen LogP contribution in [0.5, 0.6) is 0 Å². The van der Waals surface area contributed by atoms with E-state index in [-0.39, 0.29) is 12.8 Å². The van der Waals surface area contributed by atoms with Crippen LogP contribution in [0.25, 0.3) is 0 Å². The summed E-state index contributed by atoms with van der Waals surface area (Å²) < 4.78 is 5.00. The summed E-state index contributed by atoms with van der Waals surface area (Å²) in [6.07, 6.45) is 0. The van der Waals surface area contributed by atoms with Gasteiger partial charge in [0.15, 0.2) is 6.73 Å². The van der Waals surface area contributed by atoms with Crippen molar-refractivity contribution < 1.29 is 14.3 Å². The van der Waals surface area contributed by atoms with Crippen LogP contribution in [-0.2, 0) is 4.74 Å². The van der Waals surface area contributed by atoms with Crippen molar-refractivity contribution in [1.29, 1.82) is 0 Å². The first-order chi connectivity index (χ1) is 10.1. The van der Waals surface area contributed by atoms with Crippen molar-refractivity contribution in [2.45, 2.75) is 0 Å². The molecule has 1 aliphatic heterocycles. The molecule has 0 fully saturated rings. The number of urea groups is 1. The van der Waals surface area contributed by atoms with Gasteiger partial charge in [-0.1, -0.05) is 23.7 Å². The zero-order valence-corrected chi connectivity index (χ0v) is 11.6. The van der Waals surface area contributed by atoms with Crippen molar-refractivity contribution in [3.05, 3.63) is 59.1 Å². The van der Waals surface area contributed by atoms with Gasteiger partial charge in [-0.05, 0) is 36.4 Å². The number of rotatable bonds is 1. The highest BCUT2D eigenvalue weighted by atomic mass is 35.5. The van der Waals surface area contributed by atoms with Crippen LogP contribution in [0, 0.1) is 0 Å². The quantitative estimate of drug-likeness (QED) is 0.820. The largest absolute Gasteiger partial charge is 0.440 e. The summed E-state index contributed by atoms with van der Waals surface area (Å²) >= 11 is 5.80. The van der Waals surface area contributed by atoms with E-state index in [9.17, 15) is 9.59 Å². The van der Waals surface area contributed by atoms with Crippen molar-refractivity contribution in [2.75, 3.05) is 16.9 Å². The van der Waals surface area contributed by atoms with E-state index in [1.807, 2.05) is 0 Å². The van der Waals surface area contributed by atoms with Gasteiger partial charge in [0.1, 0.15) is 0 Å². The molecule has 0 unspecified atom stereocenters. The first-order valence-corrected chi connectivity index (χ1v) is 6.63. The third kappa shape index (κ3) is 2.68. The van der Waals surface area contributed by atoms with E-state index in [0.717, 1.165) is 0 Å². The standard InChI is InChI=1S/C15H11ClN2O3/c16-10-5-7-11(8-6-10)17-15(20)18-9-21-14(19)12-3-1-2-4-13(12)18/h1-8H,9H2,(H,17,20). The normalized spacial score (nSPS) is 13.4. The van der Waals surface area contributed by atoms with Gasteiger partial charge >= 0.3 is 12.0 Å². The van der Waals surface area contributed by atoms with Crippen LogP contribution < -0.4 is 10.2 Å². The minimum atomic E-state index is -0.429. The molecule has 6 heteroatoms. The number of hydrogen-bond acceptors (Lipinski definition) is 3. The molecule has 3 rings (SSSR count). The molecular weight excluding hydrogens is 292 g/mol. The monoisotopic (exact) mass is 302 g/mol. The molecule has 0 atom stereocenters. The number of para-hydroxylation sites is 1. The third-order valence-corrected chi connectivity index (χ3v) is 3.33. The Balaban J connectivity index is 1.84. The van der Waals surface area contributed by atoms with Crippen molar-refractivity contribution in [1.82, 2.24) is 0 Å². The molecular formula is C15H11ClN2O3. The van der Waals surface area contributed by atoms with Gasteiger partial charge in [0.05, 0.1) is 11.3 Å². The molecule has 2 amide bonds. The van der Waals surface area contributed by atoms with Crippen LogP contribution >= 0.6 is 11.6 Å². The Kier molecular flexibility index (Phi) is 3.50. The Labute approximate surface area is 126 Å². The Morgan fingerprint density at radius 3 is 2.62 bits per heavy atom. The van der Waals surface area contributed by atoms with E-state index in [1.165, 1.54) is 4.90 Å². The van der Waals surface area contributed by atoms with Gasteiger partial charge < -0.3 is 10.1 Å². The average molecular weight is 303 g/mol. The third-order valence-electron chi connectivity index (χ3n) is 3.08. The minimum Gasteiger partial charge on any atom is -0.440 e. The summed E-state index contributed by atoms with van der Waals surface area (Å²) in [5.74, 6) is -0.429. The predicted molar refractivity (Wildman–Crippen MR) is 79.7 cm³/mol. The fraction of sp³-hybridized carbons (Fsp3) is 0.0667. The maximum absolute atomic E-state index is 12.3. The molecule has 2 aromatic rings. The number of halogens is 1. The average Bonchev–Trinajstić information content (AvgIpc) is 2.50. The van der Waals surface area contributed by atoms with Gasteiger partial charge in [0.25, 0.3) is 0 Å². The Morgan fingerprint density at radius 2 is 1.86 bits per heavy atom. The van der Waals surface area contributed by atoms with E-state index in [1.54, 1.807) is 48.5 Å². The number of nitrogens with one attached hydrogen (secondary N) is 1. The summed E-state index contributed by atoms with van der Waals surface area (Å²) in [5.41, 5.74) is 1.51. The van der Waals surface area contributed by atoms with E-state index in [4.69, 9.17) is 16.3 Å². The van der Waals surface area contributed by atoms with Crippen molar-refractivity contribution in [2.24, 2.45) is 0 Å². The number of fused-ring (bicyclic) bond motifs is 1. The van der Waals surface area contributed by atoms with Gasteiger partial charge in [-0.25, -0.2) is 9.59 Å². The lowest BCUT2D eigenvalue weighted by atomic mass is 10.1. The highest BCUT2D eigenvalue weighted by Gasteiger charge is 2.28. The van der Waals surface area contributed by atoms with Crippen LogP contribution in [0.2, 0.25) is 5.02 Å². The molecule has 0 aliphatic carbocycles. The first-order valence-electron chi connectivity index (χ1n) is 6.25. The molecule has 5 nitrogen and oxygen atoms in total. The molecule has 0 saturated carbocycles. The summed E-state index contributed by atoms with van der Waals surface area (Å²) in [7, 11) is 0. The van der Waals surface area contributed by atoms with Crippen LogP contribution in [0.1, 0.15) is 10.4 Å². The Hall–Kier alpha value is -2.53. The molecule has 2 aromatic carbocycles. The highest BCUT2D eigenvalue weighted by Crippen LogP contribution is 2.26. The molecule has 1 N–H and O–H groups in total. The lowest BCUT2D eigenvalue weighted by molar-refractivity contribution is 0.0492. The van der Waals surface area contributed by atoms with Gasteiger partial charge in [-0.15, -0.1) is 0 Å². The number of nitrogens with zero attached hydrogens (tertiary/aromatic N) is 1. The number of anilines is 2. The van der Waals surface area contributed by atoms with Gasteiger partial charge in [0, 0.05) is 10.7 Å². The zero-order chi connectivity index (χ0) is 14.8. The van der Waals surface area contributed by atoms with Crippen LogP contribution in [0.3, 0.4) is 0 Å². The molecule has 106 valence electrons. The number of benzene rings is 2. The minimum absolute atomic E-state index is 0.116. The number of hydrogen-bond donors (Lipinski definition) is 1. The van der Waals surface area contributed by atoms with E-state index in [0.29, 0.717) is 22.0 Å². The number of cyclic esters (lactones) is 1. The Bertz CT molecular complexity index is 700. The summed E-state index contributed by atoms with van der Waals surface area (Å²) in [5, 5.41) is 3.32. The molecule has 21 heavy (non-hydrogen) atoms. The van der Waals surface area contributed by atoms with E-state index >= 15 is 0 Å². The Morgan fingerprint density at radius 1 is 1.14 bits per heavy atom. The SMILES string of the molecule is O=C1OCN(C(=O)Nc2ccc(Cl)cc2)c2ccccc21. The second-order valence-electron chi connectivity index (χ2n) is 4.44. The van der Waals surface area contributed by atoms with Crippen LogP contribution in [0.4, 0.5) is 16.2 Å². The number of amides is 2. The van der Waals surface area contributed by atoms with Gasteiger partial charge in [-0.2, -0.15) is 0 Å². The van der Waals surface area contributed by atoms with Gasteiger partial charge in [0.2, 0.25) is 0 Å². The second-order valence-corrected chi connectivity index (χ2v) is 4.88. The number of carbonyl (C=O) groups excluding carboxylic acids is 2. The maximum Gasteiger partial charge on any atom is 0.342 e. The number of carbonyl (C=O) groups is 2. The molecule has 1 heterocycles. The first kappa shape index (κ1) is 13.5. The molecule has 0 spiro atoms. The van der Waals surface area contributed by atoms with Crippen molar-refractivity contribution >= 4 is 35.0 Å². The smallest absolute Gasteiger partial charge is 0.342 e. The van der Waals surface area contributed by atoms with Crippen molar-refractivity contribution in [3.63, 3.8) is 0 Å². The lowest BCUT2D eigenvalue weighted by Gasteiger charge is -2.28. The summed E-state index contributed by atoms with van der Waals surface area (Å²) in [6.45, 7) is -0.116.